The molecule has 0 amide bonds. The topological polar surface area (TPSA) is 62.5 Å². The third-order valence-electron chi connectivity index (χ3n) is 7.34. The van der Waals surface area contributed by atoms with Crippen LogP contribution in [-0.4, -0.2) is 22.1 Å². The lowest BCUT2D eigenvalue weighted by molar-refractivity contribution is 0.0855. The van der Waals surface area contributed by atoms with E-state index >= 15 is 4.39 Å². The van der Waals surface area contributed by atoms with Crippen LogP contribution in [0.5, 0.6) is 5.75 Å². The molecule has 1 aliphatic carbocycles. The lowest BCUT2D eigenvalue weighted by atomic mass is 9.89. The third-order valence-corrected chi connectivity index (χ3v) is 8.62. The highest BCUT2D eigenvalue weighted by molar-refractivity contribution is 7.98. The minimum Gasteiger partial charge on any atom is -0.503 e. The Kier molecular flexibility index (Phi) is 4.52. The number of rotatable bonds is 1. The van der Waals surface area contributed by atoms with Crippen LogP contribution in [-0.2, 0) is 5.75 Å². The summed E-state index contributed by atoms with van der Waals surface area (Å²) >= 11 is 1.47. The summed E-state index contributed by atoms with van der Waals surface area (Å²) in [5.74, 6) is -2.29. The lowest BCUT2D eigenvalue weighted by Crippen LogP contribution is -2.52. The summed E-state index contributed by atoms with van der Waals surface area (Å²) in [6, 6.07) is 9.42. The number of aromatic nitrogens is 1. The number of benzene rings is 2. The molecule has 6 rings (SSSR count). The minimum absolute atomic E-state index is 0.0241. The van der Waals surface area contributed by atoms with Crippen LogP contribution in [0.25, 0.3) is 0 Å². The highest BCUT2D eigenvalue weighted by atomic mass is 32.2. The molecule has 2 aromatic carbocycles. The third kappa shape index (κ3) is 2.84. The van der Waals surface area contributed by atoms with Crippen molar-refractivity contribution >= 4 is 17.5 Å². The van der Waals surface area contributed by atoms with Crippen molar-refractivity contribution in [3.8, 4) is 5.75 Å². The number of carbonyl (C=O) groups is 1. The van der Waals surface area contributed by atoms with Crippen molar-refractivity contribution in [1.82, 2.24) is 4.68 Å². The molecular formula is C26H22F2N2O3S. The second-order valence-electron chi connectivity index (χ2n) is 9.48. The standard InChI is InChI=1S/C26H22F2N2O3S/c1-13-4-3-5-16-21(15-6-7-18(27)20(28)17(15)11-34-24(13)16)29-12-26(8-9-26)25(33)22-23(32)19(31)10-14(2)30(22)29/h3-7,10,21,32H,8-9,11-12H2,1-2H3. The molecule has 0 radical (unpaired) electrons. The van der Waals surface area contributed by atoms with Gasteiger partial charge in [-0.2, -0.15) is 0 Å². The summed E-state index contributed by atoms with van der Waals surface area (Å²) < 4.78 is 31.0. The predicted molar refractivity (Wildman–Crippen MR) is 125 cm³/mol. The summed E-state index contributed by atoms with van der Waals surface area (Å²) in [6.07, 6.45) is 1.30. The van der Waals surface area contributed by atoms with Gasteiger partial charge in [-0.25, -0.2) is 8.78 Å². The van der Waals surface area contributed by atoms with Gasteiger partial charge in [0.1, 0.15) is 0 Å². The van der Waals surface area contributed by atoms with Gasteiger partial charge in [0.15, 0.2) is 28.9 Å². The highest BCUT2D eigenvalue weighted by Gasteiger charge is 2.57. The zero-order valence-corrected chi connectivity index (χ0v) is 19.5. The van der Waals surface area contributed by atoms with E-state index in [0.717, 1.165) is 22.1 Å². The van der Waals surface area contributed by atoms with Crippen LogP contribution in [0.1, 0.15) is 57.3 Å². The maximum absolute atomic E-state index is 15.1. The largest absolute Gasteiger partial charge is 0.503 e. The number of ketones is 1. The average Bonchev–Trinajstić information content (AvgIpc) is 3.59. The Bertz CT molecular complexity index is 1460. The van der Waals surface area contributed by atoms with Gasteiger partial charge in [0.25, 0.3) is 0 Å². The van der Waals surface area contributed by atoms with Crippen LogP contribution < -0.4 is 10.4 Å². The van der Waals surface area contributed by atoms with E-state index in [9.17, 15) is 19.1 Å². The summed E-state index contributed by atoms with van der Waals surface area (Å²) in [7, 11) is 0. The van der Waals surface area contributed by atoms with E-state index in [0.29, 0.717) is 30.6 Å². The molecule has 174 valence electrons. The van der Waals surface area contributed by atoms with Gasteiger partial charge in [0.05, 0.1) is 11.5 Å². The van der Waals surface area contributed by atoms with Crippen LogP contribution in [0.15, 0.2) is 46.1 Å². The van der Waals surface area contributed by atoms with Crippen LogP contribution >= 0.6 is 11.8 Å². The number of hydrogen-bond donors (Lipinski definition) is 1. The zero-order chi connectivity index (χ0) is 23.9. The number of Topliss-reactive ketones (excluding diaryl/α,β-unsaturated/α-hetero) is 1. The molecule has 1 fully saturated rings. The van der Waals surface area contributed by atoms with Crippen molar-refractivity contribution in [2.45, 2.75) is 43.4 Å². The monoisotopic (exact) mass is 480 g/mol. The Morgan fingerprint density at radius 3 is 2.59 bits per heavy atom. The number of fused-ring (bicyclic) bond motifs is 3. The number of aryl methyl sites for hydroxylation is 2. The number of nitrogens with zero attached hydrogens (tertiary/aromatic N) is 2. The second-order valence-corrected chi connectivity index (χ2v) is 10.5. The molecule has 2 aliphatic heterocycles. The molecule has 0 saturated heterocycles. The van der Waals surface area contributed by atoms with Crippen molar-refractivity contribution in [3.63, 3.8) is 0 Å². The molecule has 1 spiro atoms. The van der Waals surface area contributed by atoms with Crippen LogP contribution in [0.4, 0.5) is 8.78 Å². The Balaban J connectivity index is 1.69. The smallest absolute Gasteiger partial charge is 0.224 e. The molecule has 34 heavy (non-hydrogen) atoms. The fourth-order valence-electron chi connectivity index (χ4n) is 5.43. The molecule has 1 unspecified atom stereocenters. The van der Waals surface area contributed by atoms with Crippen LogP contribution in [0.3, 0.4) is 0 Å². The van der Waals surface area contributed by atoms with Gasteiger partial charge < -0.3 is 5.11 Å². The van der Waals surface area contributed by atoms with E-state index in [4.69, 9.17) is 0 Å². The van der Waals surface area contributed by atoms with Crippen molar-refractivity contribution in [2.24, 2.45) is 5.41 Å². The predicted octanol–water partition coefficient (Wildman–Crippen LogP) is 4.76. The first-order valence-corrected chi connectivity index (χ1v) is 12.2. The molecule has 1 aromatic heterocycles. The molecule has 0 bridgehead atoms. The number of thioether (sulfide) groups is 1. The van der Waals surface area contributed by atoms with Gasteiger partial charge in [0.2, 0.25) is 5.43 Å². The van der Waals surface area contributed by atoms with Crippen molar-refractivity contribution in [2.75, 3.05) is 11.6 Å². The van der Waals surface area contributed by atoms with Gasteiger partial charge in [-0.15, -0.1) is 11.8 Å². The average molecular weight is 481 g/mol. The Labute approximate surface area is 199 Å². The van der Waals surface area contributed by atoms with Gasteiger partial charge in [-0.1, -0.05) is 24.3 Å². The van der Waals surface area contributed by atoms with Crippen molar-refractivity contribution in [1.29, 1.82) is 0 Å². The van der Waals surface area contributed by atoms with E-state index in [2.05, 4.69) is 0 Å². The van der Waals surface area contributed by atoms with E-state index in [1.807, 2.05) is 30.1 Å². The summed E-state index contributed by atoms with van der Waals surface area (Å²) in [5, 5.41) is 12.6. The SMILES string of the molecule is Cc1cccc2c1SCc1c(ccc(F)c1F)C2N1CC2(CC2)C(=O)c2c(O)c(=O)cc(C)n21. The molecule has 1 saturated carbocycles. The highest BCUT2D eigenvalue weighted by Crippen LogP contribution is 2.54. The molecule has 5 nitrogen and oxygen atoms in total. The molecule has 3 aliphatic rings. The van der Waals surface area contributed by atoms with E-state index in [1.54, 1.807) is 17.7 Å². The van der Waals surface area contributed by atoms with Crippen molar-refractivity contribution < 1.29 is 18.7 Å². The minimum atomic E-state index is -0.897. The number of carbonyl (C=O) groups excluding carboxylic acids is 1. The van der Waals surface area contributed by atoms with Gasteiger partial charge in [0, 0.05) is 34.5 Å². The van der Waals surface area contributed by atoms with Gasteiger partial charge in [-0.3, -0.25) is 19.3 Å². The van der Waals surface area contributed by atoms with Crippen LogP contribution in [0, 0.1) is 30.9 Å². The Hall–Kier alpha value is -3.13. The fourth-order valence-corrected chi connectivity index (χ4v) is 6.65. The maximum Gasteiger partial charge on any atom is 0.224 e. The Morgan fingerprint density at radius 1 is 1.09 bits per heavy atom. The van der Waals surface area contributed by atoms with Gasteiger partial charge >= 0.3 is 0 Å². The first kappa shape index (κ1) is 21.4. The first-order chi connectivity index (χ1) is 16.2. The molecule has 8 heteroatoms. The molecular weight excluding hydrogens is 458 g/mol. The second kappa shape index (κ2) is 7.18. The van der Waals surface area contributed by atoms with E-state index in [1.165, 1.54) is 17.8 Å². The number of hydrogen-bond acceptors (Lipinski definition) is 5. The Morgan fingerprint density at radius 2 is 1.85 bits per heavy atom. The normalized spacial score (nSPS) is 19.9. The lowest BCUT2D eigenvalue weighted by Gasteiger charge is -2.44. The zero-order valence-electron chi connectivity index (χ0n) is 18.7. The first-order valence-electron chi connectivity index (χ1n) is 11.2. The molecule has 1 N–H and O–H groups in total. The number of aromatic hydroxyl groups is 1. The van der Waals surface area contributed by atoms with E-state index < -0.39 is 34.3 Å². The number of pyridine rings is 1. The van der Waals surface area contributed by atoms with Crippen LogP contribution in [0.2, 0.25) is 0 Å². The van der Waals surface area contributed by atoms with Crippen molar-refractivity contribution in [3.05, 3.63) is 91.9 Å². The molecule has 3 aromatic rings. The van der Waals surface area contributed by atoms with Gasteiger partial charge in [-0.05, 0) is 49.4 Å². The maximum atomic E-state index is 15.1. The van der Waals surface area contributed by atoms with E-state index in [-0.39, 0.29) is 22.8 Å². The summed E-state index contributed by atoms with van der Waals surface area (Å²) in [5.41, 5.74) is 2.02. The molecule has 3 heterocycles. The summed E-state index contributed by atoms with van der Waals surface area (Å²) in [6.45, 7) is 4.05. The summed E-state index contributed by atoms with van der Waals surface area (Å²) in [4.78, 5) is 26.8. The number of halogens is 2. The fraction of sp³-hybridized carbons (Fsp3) is 0.308. The quantitative estimate of drug-likeness (QED) is 0.544. The molecule has 1 atom stereocenters.